The highest BCUT2D eigenvalue weighted by molar-refractivity contribution is 5.56. The van der Waals surface area contributed by atoms with E-state index < -0.39 is 0 Å². The summed E-state index contributed by atoms with van der Waals surface area (Å²) in [4.78, 5) is 13.3. The van der Waals surface area contributed by atoms with Gasteiger partial charge in [-0.2, -0.15) is 0 Å². The first-order valence-corrected chi connectivity index (χ1v) is 7.47. The first-order valence-electron chi connectivity index (χ1n) is 7.47. The Kier molecular flexibility index (Phi) is 4.10. The molecule has 2 aromatic heterocycles. The lowest BCUT2D eigenvalue weighted by Gasteiger charge is -2.14. The van der Waals surface area contributed by atoms with E-state index in [0.29, 0.717) is 12.0 Å². The van der Waals surface area contributed by atoms with Gasteiger partial charge in [-0.25, -0.2) is 9.97 Å². The number of nitrogens with one attached hydrogen (secondary N) is 1. The molecule has 21 heavy (non-hydrogen) atoms. The molecule has 0 bridgehead atoms. The number of hydrogen-bond donors (Lipinski definition) is 2. The molecule has 3 rings (SSSR count). The number of aromatic nitrogens is 3. The van der Waals surface area contributed by atoms with Crippen LogP contribution in [0.4, 0.5) is 5.82 Å². The Morgan fingerprint density at radius 3 is 2.95 bits per heavy atom. The van der Waals surface area contributed by atoms with Crippen LogP contribution in [0, 0.1) is 12.8 Å². The minimum atomic E-state index is 0.467. The molecule has 0 aromatic carbocycles. The fourth-order valence-electron chi connectivity index (χ4n) is 2.90. The molecule has 0 spiro atoms. The third-order valence-corrected chi connectivity index (χ3v) is 4.00. The van der Waals surface area contributed by atoms with Gasteiger partial charge < -0.3 is 11.1 Å². The van der Waals surface area contributed by atoms with Crippen molar-refractivity contribution in [2.24, 2.45) is 11.7 Å². The molecule has 1 aliphatic carbocycles. The van der Waals surface area contributed by atoms with E-state index in [0.717, 1.165) is 42.3 Å². The molecule has 1 aliphatic rings. The lowest BCUT2D eigenvalue weighted by molar-refractivity contribution is 0.555. The van der Waals surface area contributed by atoms with Crippen molar-refractivity contribution in [1.29, 1.82) is 0 Å². The third kappa shape index (κ3) is 3.36. The number of pyridine rings is 1. The summed E-state index contributed by atoms with van der Waals surface area (Å²) in [5.74, 6) is 2.26. The summed E-state index contributed by atoms with van der Waals surface area (Å²) in [6, 6.07) is 6.34. The molecule has 0 amide bonds. The number of rotatable bonds is 4. The highest BCUT2D eigenvalue weighted by atomic mass is 15.1. The maximum absolute atomic E-state index is 5.75. The Morgan fingerprint density at radius 2 is 2.24 bits per heavy atom. The summed E-state index contributed by atoms with van der Waals surface area (Å²) in [7, 11) is 0. The number of nitrogens with two attached hydrogens (primary N) is 1. The van der Waals surface area contributed by atoms with Gasteiger partial charge in [0.05, 0.1) is 0 Å². The topological polar surface area (TPSA) is 76.7 Å². The Hall–Kier alpha value is -2.01. The predicted octanol–water partition coefficient (Wildman–Crippen LogP) is 2.39. The van der Waals surface area contributed by atoms with Crippen molar-refractivity contribution in [2.75, 3.05) is 11.9 Å². The monoisotopic (exact) mass is 283 g/mol. The maximum atomic E-state index is 5.75. The van der Waals surface area contributed by atoms with Crippen LogP contribution in [0.25, 0.3) is 11.4 Å². The van der Waals surface area contributed by atoms with E-state index in [1.807, 2.05) is 25.1 Å². The van der Waals surface area contributed by atoms with Crippen molar-refractivity contribution in [3.05, 3.63) is 36.3 Å². The van der Waals surface area contributed by atoms with Crippen LogP contribution in [0.1, 0.15) is 25.0 Å². The van der Waals surface area contributed by atoms with Gasteiger partial charge in [-0.15, -0.1) is 0 Å². The molecule has 1 fully saturated rings. The van der Waals surface area contributed by atoms with Gasteiger partial charge in [0.2, 0.25) is 0 Å². The van der Waals surface area contributed by atoms with E-state index >= 15 is 0 Å². The van der Waals surface area contributed by atoms with Crippen LogP contribution in [-0.2, 0) is 0 Å². The van der Waals surface area contributed by atoms with Crippen molar-refractivity contribution in [1.82, 2.24) is 15.0 Å². The molecule has 5 nitrogen and oxygen atoms in total. The van der Waals surface area contributed by atoms with Gasteiger partial charge in [-0.1, -0.05) is 0 Å². The largest absolute Gasteiger partial charge is 0.367 e. The summed E-state index contributed by atoms with van der Waals surface area (Å²) >= 11 is 0. The molecule has 2 aromatic rings. The van der Waals surface area contributed by atoms with Crippen LogP contribution >= 0.6 is 0 Å². The van der Waals surface area contributed by atoms with Crippen molar-refractivity contribution < 1.29 is 0 Å². The van der Waals surface area contributed by atoms with Crippen LogP contribution in [0.3, 0.4) is 0 Å². The molecular weight excluding hydrogens is 262 g/mol. The van der Waals surface area contributed by atoms with Gasteiger partial charge in [0.1, 0.15) is 5.82 Å². The average Bonchev–Trinajstić information content (AvgIpc) is 2.95. The Morgan fingerprint density at radius 1 is 1.33 bits per heavy atom. The van der Waals surface area contributed by atoms with E-state index in [-0.39, 0.29) is 0 Å². The van der Waals surface area contributed by atoms with E-state index in [9.17, 15) is 0 Å². The highest BCUT2D eigenvalue weighted by Crippen LogP contribution is 2.27. The van der Waals surface area contributed by atoms with Crippen LogP contribution < -0.4 is 11.1 Å². The van der Waals surface area contributed by atoms with E-state index in [1.165, 1.54) is 6.42 Å². The van der Waals surface area contributed by atoms with Crippen molar-refractivity contribution in [3.8, 4) is 11.4 Å². The smallest absolute Gasteiger partial charge is 0.163 e. The van der Waals surface area contributed by atoms with Crippen molar-refractivity contribution >= 4 is 5.82 Å². The van der Waals surface area contributed by atoms with E-state index in [4.69, 9.17) is 5.73 Å². The number of aryl methyl sites for hydroxylation is 1. The maximum Gasteiger partial charge on any atom is 0.163 e. The molecule has 3 N–H and O–H groups in total. The lowest BCUT2D eigenvalue weighted by atomic mass is 10.1. The zero-order valence-corrected chi connectivity index (χ0v) is 12.3. The quantitative estimate of drug-likeness (QED) is 0.901. The predicted molar refractivity (Wildman–Crippen MR) is 83.8 cm³/mol. The summed E-state index contributed by atoms with van der Waals surface area (Å²) < 4.78 is 0. The summed E-state index contributed by atoms with van der Waals surface area (Å²) in [6.45, 7) is 2.77. The molecule has 0 aliphatic heterocycles. The SMILES string of the molecule is Cc1cc(NC2CCC(CN)C2)nc(-c2cccnc2)n1. The van der Waals surface area contributed by atoms with Crippen molar-refractivity contribution in [2.45, 2.75) is 32.2 Å². The molecule has 1 saturated carbocycles. The second kappa shape index (κ2) is 6.18. The number of nitrogens with zero attached hydrogens (tertiary/aromatic N) is 3. The first kappa shape index (κ1) is 13.9. The number of hydrogen-bond acceptors (Lipinski definition) is 5. The fraction of sp³-hybridized carbons (Fsp3) is 0.438. The molecular formula is C16H21N5. The van der Waals surface area contributed by atoms with E-state index in [2.05, 4.69) is 20.3 Å². The lowest BCUT2D eigenvalue weighted by Crippen LogP contribution is -2.19. The minimum Gasteiger partial charge on any atom is -0.367 e. The summed E-state index contributed by atoms with van der Waals surface area (Å²) in [5, 5.41) is 3.53. The Balaban J connectivity index is 1.79. The minimum absolute atomic E-state index is 0.467. The van der Waals surface area contributed by atoms with Gasteiger partial charge in [-0.05, 0) is 50.8 Å². The van der Waals surface area contributed by atoms with E-state index in [1.54, 1.807) is 12.4 Å². The van der Waals surface area contributed by atoms with Crippen LogP contribution in [-0.4, -0.2) is 27.5 Å². The van der Waals surface area contributed by atoms with Gasteiger partial charge in [0.15, 0.2) is 5.82 Å². The summed E-state index contributed by atoms with van der Waals surface area (Å²) in [5.41, 5.74) is 7.65. The molecule has 0 radical (unpaired) electrons. The van der Waals surface area contributed by atoms with Gasteiger partial charge >= 0.3 is 0 Å². The first-order chi connectivity index (χ1) is 10.2. The molecule has 2 unspecified atom stereocenters. The summed E-state index contributed by atoms with van der Waals surface area (Å²) in [6.07, 6.45) is 7.03. The van der Waals surface area contributed by atoms with Crippen LogP contribution in [0.2, 0.25) is 0 Å². The molecule has 2 heterocycles. The van der Waals surface area contributed by atoms with Gasteiger partial charge in [0, 0.05) is 35.8 Å². The Labute approximate surface area is 125 Å². The second-order valence-corrected chi connectivity index (χ2v) is 5.72. The average molecular weight is 283 g/mol. The highest BCUT2D eigenvalue weighted by Gasteiger charge is 2.23. The molecule has 110 valence electrons. The number of anilines is 1. The van der Waals surface area contributed by atoms with Crippen LogP contribution in [0.5, 0.6) is 0 Å². The normalized spacial score (nSPS) is 21.4. The zero-order valence-electron chi connectivity index (χ0n) is 12.3. The third-order valence-electron chi connectivity index (χ3n) is 4.00. The fourth-order valence-corrected chi connectivity index (χ4v) is 2.90. The standard InChI is InChI=1S/C16H21N5/c1-11-7-15(20-14-5-4-12(8-14)9-17)21-16(19-11)13-3-2-6-18-10-13/h2-3,6-7,10,12,14H,4-5,8-9,17H2,1H3,(H,19,20,21). The van der Waals surface area contributed by atoms with Gasteiger partial charge in [0.25, 0.3) is 0 Å². The second-order valence-electron chi connectivity index (χ2n) is 5.72. The zero-order chi connectivity index (χ0) is 14.7. The molecule has 0 saturated heterocycles. The Bertz CT molecular complexity index is 599. The van der Waals surface area contributed by atoms with Crippen LogP contribution in [0.15, 0.2) is 30.6 Å². The van der Waals surface area contributed by atoms with Crippen molar-refractivity contribution in [3.63, 3.8) is 0 Å². The molecule has 5 heteroatoms. The van der Waals surface area contributed by atoms with Gasteiger partial charge in [-0.3, -0.25) is 4.98 Å². The molecule has 2 atom stereocenters.